The number of carboxylic acid groups (broad SMARTS) is 1. The van der Waals surface area contributed by atoms with Crippen molar-refractivity contribution in [3.63, 3.8) is 0 Å². The third-order valence-electron chi connectivity index (χ3n) is 3.73. The Morgan fingerprint density at radius 2 is 2.05 bits per heavy atom. The Hall–Kier alpha value is -1.72. The molecule has 0 radical (unpaired) electrons. The zero-order chi connectivity index (χ0) is 15.5. The molecule has 1 aromatic heterocycles. The zero-order valence-corrected chi connectivity index (χ0v) is 13.4. The molecule has 1 unspecified atom stereocenters. The number of aliphatic carboxylic acids is 1. The number of aryl methyl sites for hydroxylation is 1. The second-order valence-electron chi connectivity index (χ2n) is 5.54. The van der Waals surface area contributed by atoms with Crippen LogP contribution in [0.4, 0.5) is 0 Å². The van der Waals surface area contributed by atoms with Crippen molar-refractivity contribution in [3.8, 4) is 0 Å². The smallest absolute Gasteiger partial charge is 0.315 e. The molecule has 0 fully saturated rings. The summed E-state index contributed by atoms with van der Waals surface area (Å²) in [5.41, 5.74) is 2.75. The fraction of sp³-hybridized carbons (Fsp3) is 0.375. The van der Waals surface area contributed by atoms with Crippen LogP contribution in [0.1, 0.15) is 23.1 Å². The Morgan fingerprint density at radius 3 is 2.57 bits per heavy atom. The fourth-order valence-corrected chi connectivity index (χ4v) is 3.26. The Bertz CT molecular complexity index is 612. The van der Waals surface area contributed by atoms with Crippen LogP contribution in [0.5, 0.6) is 0 Å². The van der Waals surface area contributed by atoms with Gasteiger partial charge in [-0.25, -0.2) is 4.98 Å². The molecule has 1 aromatic carbocycles. The molecule has 0 bridgehead atoms. The van der Waals surface area contributed by atoms with Crippen molar-refractivity contribution in [2.45, 2.75) is 25.8 Å². The van der Waals surface area contributed by atoms with E-state index in [0.717, 1.165) is 11.3 Å². The molecule has 1 N–H and O–H groups in total. The summed E-state index contributed by atoms with van der Waals surface area (Å²) in [5.74, 6) is -0.804. The van der Waals surface area contributed by atoms with Crippen LogP contribution in [0, 0.1) is 6.92 Å². The van der Waals surface area contributed by atoms with Gasteiger partial charge >= 0.3 is 5.97 Å². The second-order valence-corrected chi connectivity index (χ2v) is 6.48. The lowest BCUT2D eigenvalue weighted by Crippen LogP contribution is -2.43. The summed E-state index contributed by atoms with van der Waals surface area (Å²) in [7, 11) is 1.95. The van der Waals surface area contributed by atoms with Crippen LogP contribution in [0.25, 0.3) is 0 Å². The summed E-state index contributed by atoms with van der Waals surface area (Å²) >= 11 is 1.61. The standard InChI is InChI=1S/C16H20N2O2S/c1-12-14(21-11-17-12)9-18(3)10-16(2,15(19)20)13-7-5-4-6-8-13/h4-8,11H,9-10H2,1-3H3,(H,19,20). The molecule has 0 amide bonds. The van der Waals surface area contributed by atoms with Gasteiger partial charge in [0.15, 0.2) is 0 Å². The minimum Gasteiger partial charge on any atom is -0.481 e. The monoisotopic (exact) mass is 304 g/mol. The van der Waals surface area contributed by atoms with E-state index in [2.05, 4.69) is 4.98 Å². The third-order valence-corrected chi connectivity index (χ3v) is 4.65. The Morgan fingerprint density at radius 1 is 1.38 bits per heavy atom. The number of likely N-dealkylation sites (N-methyl/N-ethyl adjacent to an activating group) is 1. The maximum atomic E-state index is 11.8. The maximum Gasteiger partial charge on any atom is 0.315 e. The van der Waals surface area contributed by atoms with Crippen molar-refractivity contribution in [2.75, 3.05) is 13.6 Å². The van der Waals surface area contributed by atoms with E-state index in [4.69, 9.17) is 0 Å². The molecule has 0 aliphatic carbocycles. The minimum atomic E-state index is -0.922. The number of hydrogen-bond acceptors (Lipinski definition) is 4. The van der Waals surface area contributed by atoms with E-state index >= 15 is 0 Å². The fourth-order valence-electron chi connectivity index (χ4n) is 2.41. The molecule has 1 heterocycles. The van der Waals surface area contributed by atoms with Crippen LogP contribution < -0.4 is 0 Å². The molecule has 0 spiro atoms. The largest absolute Gasteiger partial charge is 0.481 e. The lowest BCUT2D eigenvalue weighted by atomic mass is 9.82. The highest BCUT2D eigenvalue weighted by molar-refractivity contribution is 7.09. The molecule has 4 nitrogen and oxygen atoms in total. The van der Waals surface area contributed by atoms with Crippen LogP contribution >= 0.6 is 11.3 Å². The molecular formula is C16H20N2O2S. The summed E-state index contributed by atoms with van der Waals surface area (Å²) in [4.78, 5) is 19.2. The SMILES string of the molecule is Cc1ncsc1CN(C)CC(C)(C(=O)O)c1ccccc1. The molecule has 21 heavy (non-hydrogen) atoms. The summed E-state index contributed by atoms with van der Waals surface area (Å²) in [5, 5.41) is 9.68. The molecule has 1 atom stereocenters. The normalized spacial score (nSPS) is 14.1. The van der Waals surface area contributed by atoms with Gasteiger partial charge in [-0.2, -0.15) is 0 Å². The molecule has 2 rings (SSSR count). The van der Waals surface area contributed by atoms with Crippen molar-refractivity contribution in [3.05, 3.63) is 52.0 Å². The minimum absolute atomic E-state index is 0.448. The van der Waals surface area contributed by atoms with E-state index in [1.807, 2.05) is 54.7 Å². The molecule has 0 saturated heterocycles. The van der Waals surface area contributed by atoms with Crippen molar-refractivity contribution >= 4 is 17.3 Å². The van der Waals surface area contributed by atoms with Gasteiger partial charge in [0.25, 0.3) is 0 Å². The van der Waals surface area contributed by atoms with Crippen molar-refractivity contribution in [1.29, 1.82) is 0 Å². The number of thiazole rings is 1. The molecule has 0 aliphatic heterocycles. The van der Waals surface area contributed by atoms with Gasteiger partial charge in [-0.3, -0.25) is 9.69 Å². The number of aromatic nitrogens is 1. The Balaban J connectivity index is 2.17. The van der Waals surface area contributed by atoms with E-state index in [0.29, 0.717) is 13.1 Å². The Labute approximate surface area is 129 Å². The Kier molecular flexibility index (Phi) is 4.75. The lowest BCUT2D eigenvalue weighted by molar-refractivity contribution is -0.144. The summed E-state index contributed by atoms with van der Waals surface area (Å²) in [6, 6.07) is 9.41. The molecule has 5 heteroatoms. The average Bonchev–Trinajstić information content (AvgIpc) is 2.84. The zero-order valence-electron chi connectivity index (χ0n) is 12.5. The van der Waals surface area contributed by atoms with Crippen LogP contribution in [0.3, 0.4) is 0 Å². The van der Waals surface area contributed by atoms with Crippen molar-refractivity contribution in [1.82, 2.24) is 9.88 Å². The number of hydrogen-bond donors (Lipinski definition) is 1. The van der Waals surface area contributed by atoms with Gasteiger partial charge in [-0.15, -0.1) is 11.3 Å². The average molecular weight is 304 g/mol. The van der Waals surface area contributed by atoms with E-state index in [9.17, 15) is 9.90 Å². The topological polar surface area (TPSA) is 53.4 Å². The van der Waals surface area contributed by atoms with Gasteiger partial charge in [0.1, 0.15) is 5.41 Å². The summed E-state index contributed by atoms with van der Waals surface area (Å²) in [6.07, 6.45) is 0. The predicted molar refractivity (Wildman–Crippen MR) is 84.6 cm³/mol. The van der Waals surface area contributed by atoms with Crippen molar-refractivity contribution in [2.24, 2.45) is 0 Å². The number of rotatable bonds is 6. The lowest BCUT2D eigenvalue weighted by Gasteiger charge is -2.30. The van der Waals surface area contributed by atoms with E-state index in [-0.39, 0.29) is 0 Å². The first kappa shape index (κ1) is 15.7. The first-order chi connectivity index (χ1) is 9.93. The number of nitrogens with zero attached hydrogens (tertiary/aromatic N) is 2. The molecular weight excluding hydrogens is 284 g/mol. The van der Waals surface area contributed by atoms with E-state index in [1.54, 1.807) is 18.3 Å². The summed E-state index contributed by atoms with van der Waals surface area (Å²) in [6.45, 7) is 4.92. The van der Waals surface area contributed by atoms with Gasteiger partial charge in [0.05, 0.1) is 11.2 Å². The number of carbonyl (C=O) groups is 1. The van der Waals surface area contributed by atoms with Crippen LogP contribution in [0.15, 0.2) is 35.8 Å². The first-order valence-corrected chi connectivity index (χ1v) is 7.68. The molecule has 0 saturated carbocycles. The van der Waals surface area contributed by atoms with Crippen LogP contribution in [0.2, 0.25) is 0 Å². The van der Waals surface area contributed by atoms with Gasteiger partial charge in [0.2, 0.25) is 0 Å². The van der Waals surface area contributed by atoms with Gasteiger partial charge in [-0.1, -0.05) is 30.3 Å². The highest BCUT2D eigenvalue weighted by Crippen LogP contribution is 2.26. The molecule has 0 aliphatic rings. The van der Waals surface area contributed by atoms with Crippen LogP contribution in [-0.2, 0) is 16.8 Å². The van der Waals surface area contributed by atoms with Gasteiger partial charge < -0.3 is 5.11 Å². The van der Waals surface area contributed by atoms with Gasteiger partial charge in [-0.05, 0) is 26.5 Å². The van der Waals surface area contributed by atoms with Crippen LogP contribution in [-0.4, -0.2) is 34.6 Å². The van der Waals surface area contributed by atoms with E-state index < -0.39 is 11.4 Å². The predicted octanol–water partition coefficient (Wildman–Crippen LogP) is 2.93. The first-order valence-electron chi connectivity index (χ1n) is 6.80. The maximum absolute atomic E-state index is 11.8. The molecule has 2 aromatic rings. The van der Waals surface area contributed by atoms with Gasteiger partial charge in [0, 0.05) is 18.0 Å². The third kappa shape index (κ3) is 3.49. The quantitative estimate of drug-likeness (QED) is 0.891. The van der Waals surface area contributed by atoms with E-state index in [1.165, 1.54) is 4.88 Å². The second kappa shape index (κ2) is 6.37. The number of carboxylic acids is 1. The highest BCUT2D eigenvalue weighted by atomic mass is 32.1. The van der Waals surface area contributed by atoms with Crippen molar-refractivity contribution < 1.29 is 9.90 Å². The highest BCUT2D eigenvalue weighted by Gasteiger charge is 2.36. The molecule has 112 valence electrons. The number of benzene rings is 1. The summed E-state index contributed by atoms with van der Waals surface area (Å²) < 4.78 is 0.